The predicted molar refractivity (Wildman–Crippen MR) is 108 cm³/mol. The summed E-state index contributed by atoms with van der Waals surface area (Å²) in [5.74, 6) is 1.94. The first-order valence-electron chi connectivity index (χ1n) is 9.33. The van der Waals surface area contributed by atoms with E-state index in [-0.39, 0.29) is 17.5 Å². The second-order valence-electron chi connectivity index (χ2n) is 7.19. The number of hydrogen-bond acceptors (Lipinski definition) is 7. The average Bonchev–Trinajstić information content (AvgIpc) is 3.08. The van der Waals surface area contributed by atoms with Crippen LogP contribution in [0.15, 0.2) is 42.6 Å². The van der Waals surface area contributed by atoms with Crippen molar-refractivity contribution in [3.05, 3.63) is 42.6 Å². The summed E-state index contributed by atoms with van der Waals surface area (Å²) in [7, 11) is -1.04. The zero-order chi connectivity index (χ0) is 18.9. The fourth-order valence-corrected chi connectivity index (χ4v) is 5.54. The van der Waals surface area contributed by atoms with Crippen LogP contribution in [-0.4, -0.2) is 69.2 Å². The van der Waals surface area contributed by atoms with Gasteiger partial charge in [-0.25, -0.2) is 13.4 Å². The van der Waals surface area contributed by atoms with Crippen molar-refractivity contribution in [1.82, 2.24) is 9.97 Å². The third-order valence-corrected chi connectivity index (χ3v) is 7.18. The summed E-state index contributed by atoms with van der Waals surface area (Å²) < 4.78 is 23.5. The first-order valence-corrected chi connectivity index (χ1v) is 11.2. The molecule has 0 bridgehead atoms. The highest BCUT2D eigenvalue weighted by molar-refractivity contribution is 7.91. The van der Waals surface area contributed by atoms with Gasteiger partial charge < -0.3 is 14.7 Å². The molecule has 2 aromatic rings. The van der Waals surface area contributed by atoms with E-state index in [1.54, 1.807) is 6.20 Å². The fourth-order valence-electron chi connectivity index (χ4n) is 3.76. The third kappa shape index (κ3) is 4.00. The average molecular weight is 388 g/mol. The summed E-state index contributed by atoms with van der Waals surface area (Å²) in [6, 6.07) is 12.3. The van der Waals surface area contributed by atoms with Crippen molar-refractivity contribution in [3.63, 3.8) is 0 Å². The van der Waals surface area contributed by atoms with Gasteiger partial charge >= 0.3 is 0 Å². The van der Waals surface area contributed by atoms with Crippen molar-refractivity contribution in [2.75, 3.05) is 59.4 Å². The minimum atomic E-state index is -2.92. The van der Waals surface area contributed by atoms with Gasteiger partial charge in [-0.1, -0.05) is 18.2 Å². The van der Waals surface area contributed by atoms with Gasteiger partial charge in [-0.05, 0) is 24.6 Å². The number of nitrogens with zero attached hydrogens (tertiary/aromatic N) is 5. The molecule has 1 aromatic carbocycles. The monoisotopic (exact) mass is 387 g/mol. The van der Waals surface area contributed by atoms with Crippen LogP contribution in [0.1, 0.15) is 6.42 Å². The summed E-state index contributed by atoms with van der Waals surface area (Å²) in [6.45, 7) is 3.68. The Bertz CT molecular complexity index is 882. The quantitative estimate of drug-likeness (QED) is 0.786. The summed E-state index contributed by atoms with van der Waals surface area (Å²) in [4.78, 5) is 15.6. The van der Waals surface area contributed by atoms with E-state index >= 15 is 0 Å². The highest BCUT2D eigenvalue weighted by Gasteiger charge is 2.32. The maximum Gasteiger partial charge on any atom is 0.227 e. The molecule has 4 rings (SSSR count). The summed E-state index contributed by atoms with van der Waals surface area (Å²) in [6.07, 6.45) is 2.41. The van der Waals surface area contributed by atoms with Gasteiger partial charge in [0.2, 0.25) is 5.95 Å². The molecule has 2 aliphatic rings. The Kier molecular flexibility index (Phi) is 4.90. The zero-order valence-electron chi connectivity index (χ0n) is 15.5. The lowest BCUT2D eigenvalue weighted by Gasteiger charge is -2.37. The molecule has 8 heteroatoms. The van der Waals surface area contributed by atoms with Gasteiger partial charge in [-0.3, -0.25) is 0 Å². The molecule has 0 N–H and O–H groups in total. The van der Waals surface area contributed by atoms with Crippen molar-refractivity contribution >= 4 is 27.3 Å². The van der Waals surface area contributed by atoms with Gasteiger partial charge in [0.1, 0.15) is 5.82 Å². The number of anilines is 3. The number of para-hydroxylation sites is 1. The molecule has 144 valence electrons. The molecule has 0 radical (unpaired) electrons. The Morgan fingerprint density at radius 1 is 1.04 bits per heavy atom. The fraction of sp³-hybridized carbons (Fsp3) is 0.474. The van der Waals surface area contributed by atoms with Crippen LogP contribution >= 0.6 is 0 Å². The first-order chi connectivity index (χ1) is 13.0. The number of hydrogen-bond donors (Lipinski definition) is 0. The number of benzene rings is 1. The lowest BCUT2D eigenvalue weighted by Crippen LogP contribution is -2.47. The van der Waals surface area contributed by atoms with E-state index in [9.17, 15) is 8.42 Å². The third-order valence-electron chi connectivity index (χ3n) is 5.42. The molecule has 2 fully saturated rings. The van der Waals surface area contributed by atoms with Crippen LogP contribution in [0, 0.1) is 0 Å². The molecule has 0 amide bonds. The largest absolute Gasteiger partial charge is 0.368 e. The second kappa shape index (κ2) is 7.34. The molecule has 2 aliphatic heterocycles. The minimum Gasteiger partial charge on any atom is -0.368 e. The van der Waals surface area contributed by atoms with E-state index < -0.39 is 9.84 Å². The highest BCUT2D eigenvalue weighted by Crippen LogP contribution is 2.23. The van der Waals surface area contributed by atoms with Gasteiger partial charge in [0.05, 0.1) is 11.5 Å². The Hall–Kier alpha value is -2.35. The van der Waals surface area contributed by atoms with Crippen molar-refractivity contribution in [2.45, 2.75) is 12.5 Å². The predicted octanol–water partition coefficient (Wildman–Crippen LogP) is 1.43. The molecule has 2 saturated heterocycles. The van der Waals surface area contributed by atoms with Crippen molar-refractivity contribution < 1.29 is 8.42 Å². The molecule has 0 spiro atoms. The molecule has 1 aromatic heterocycles. The molecule has 0 aliphatic carbocycles. The van der Waals surface area contributed by atoms with Crippen molar-refractivity contribution in [3.8, 4) is 0 Å². The Morgan fingerprint density at radius 3 is 2.41 bits per heavy atom. The number of piperazine rings is 1. The standard InChI is InChI=1S/C19H25N5O2S/c1-22(17-8-14-27(25,26)15-17)19-20-9-7-18(21-19)24-12-10-23(11-13-24)16-5-3-2-4-6-16/h2-7,9,17H,8,10-15H2,1H3. The van der Waals surface area contributed by atoms with Crippen molar-refractivity contribution in [1.29, 1.82) is 0 Å². The Balaban J connectivity index is 1.43. The molecule has 7 nitrogen and oxygen atoms in total. The normalized spacial score (nSPS) is 22.0. The van der Waals surface area contributed by atoms with E-state index in [1.165, 1.54) is 5.69 Å². The topological polar surface area (TPSA) is 69.6 Å². The van der Waals surface area contributed by atoms with Gasteiger partial charge in [0.15, 0.2) is 9.84 Å². The van der Waals surface area contributed by atoms with Crippen LogP contribution in [0.3, 0.4) is 0 Å². The zero-order valence-corrected chi connectivity index (χ0v) is 16.3. The second-order valence-corrected chi connectivity index (χ2v) is 9.42. The SMILES string of the molecule is CN(c1nccc(N2CCN(c3ccccc3)CC2)n1)C1CCS(=O)(=O)C1. The van der Waals surface area contributed by atoms with Gasteiger partial charge in [-0.2, -0.15) is 4.98 Å². The molecular formula is C19H25N5O2S. The van der Waals surface area contributed by atoms with E-state index in [0.29, 0.717) is 12.4 Å². The Labute approximate surface area is 160 Å². The lowest BCUT2D eigenvalue weighted by atomic mass is 10.2. The first kappa shape index (κ1) is 18.0. The molecule has 3 heterocycles. The maximum atomic E-state index is 11.8. The van der Waals surface area contributed by atoms with Gasteiger partial charge in [0.25, 0.3) is 0 Å². The summed E-state index contributed by atoms with van der Waals surface area (Å²) in [5.41, 5.74) is 1.25. The van der Waals surface area contributed by atoms with E-state index in [1.807, 2.05) is 24.1 Å². The number of rotatable bonds is 4. The van der Waals surface area contributed by atoms with E-state index in [2.05, 4.69) is 39.0 Å². The Morgan fingerprint density at radius 2 is 1.74 bits per heavy atom. The number of aromatic nitrogens is 2. The molecule has 0 saturated carbocycles. The van der Waals surface area contributed by atoms with Gasteiger partial charge in [0, 0.05) is 51.2 Å². The molecule has 1 atom stereocenters. The smallest absolute Gasteiger partial charge is 0.227 e. The van der Waals surface area contributed by atoms with Gasteiger partial charge in [-0.15, -0.1) is 0 Å². The molecular weight excluding hydrogens is 362 g/mol. The van der Waals surface area contributed by atoms with Crippen LogP contribution in [0.5, 0.6) is 0 Å². The van der Waals surface area contributed by atoms with Crippen LogP contribution in [0.25, 0.3) is 0 Å². The summed E-state index contributed by atoms with van der Waals surface area (Å²) in [5, 5.41) is 0. The van der Waals surface area contributed by atoms with Crippen LogP contribution in [0.4, 0.5) is 17.5 Å². The highest BCUT2D eigenvalue weighted by atomic mass is 32.2. The van der Waals surface area contributed by atoms with Crippen LogP contribution < -0.4 is 14.7 Å². The van der Waals surface area contributed by atoms with Crippen molar-refractivity contribution in [2.24, 2.45) is 0 Å². The maximum absolute atomic E-state index is 11.8. The molecule has 27 heavy (non-hydrogen) atoms. The minimum absolute atomic E-state index is 0.0415. The van der Waals surface area contributed by atoms with Crippen LogP contribution in [0.2, 0.25) is 0 Å². The van der Waals surface area contributed by atoms with E-state index in [4.69, 9.17) is 4.98 Å². The van der Waals surface area contributed by atoms with E-state index in [0.717, 1.165) is 32.0 Å². The number of sulfone groups is 1. The summed E-state index contributed by atoms with van der Waals surface area (Å²) >= 11 is 0. The lowest BCUT2D eigenvalue weighted by molar-refractivity contribution is 0.600. The van der Waals surface area contributed by atoms with Crippen LogP contribution in [-0.2, 0) is 9.84 Å². The molecule has 1 unspecified atom stereocenters.